The van der Waals surface area contributed by atoms with Crippen LogP contribution in [0.4, 0.5) is 0 Å². The Morgan fingerprint density at radius 1 is 1.48 bits per heavy atom. The Morgan fingerprint density at radius 2 is 2.33 bits per heavy atom. The molecule has 4 nitrogen and oxygen atoms in total. The smallest absolute Gasteiger partial charge is 0.190 e. The summed E-state index contributed by atoms with van der Waals surface area (Å²) >= 11 is 1.81. The van der Waals surface area contributed by atoms with Crippen LogP contribution in [0.2, 0.25) is 0 Å². The summed E-state index contributed by atoms with van der Waals surface area (Å²) in [7, 11) is 1.84. The molecule has 0 bridgehead atoms. The quantitative estimate of drug-likeness (QED) is 0.420. The first-order valence-corrected chi connectivity index (χ1v) is 8.39. The number of hydrogen-bond acceptors (Lipinski definition) is 3. The molecule has 0 saturated carbocycles. The van der Waals surface area contributed by atoms with Crippen LogP contribution in [0.3, 0.4) is 0 Å². The lowest BCUT2D eigenvalue weighted by molar-refractivity contribution is 0.342. The van der Waals surface area contributed by atoms with E-state index >= 15 is 0 Å². The highest BCUT2D eigenvalue weighted by atomic mass is 127. The minimum atomic E-state index is 0. The van der Waals surface area contributed by atoms with Gasteiger partial charge in [0, 0.05) is 31.6 Å². The van der Waals surface area contributed by atoms with Gasteiger partial charge in [-0.25, -0.2) is 0 Å². The molecule has 0 aromatic carbocycles. The molecule has 6 heteroatoms. The molecule has 1 fully saturated rings. The van der Waals surface area contributed by atoms with E-state index < -0.39 is 0 Å². The van der Waals surface area contributed by atoms with Crippen LogP contribution >= 0.6 is 35.3 Å². The van der Waals surface area contributed by atoms with Crippen LogP contribution in [0.15, 0.2) is 22.5 Å². The van der Waals surface area contributed by atoms with Gasteiger partial charge in [0.15, 0.2) is 5.96 Å². The molecule has 1 saturated heterocycles. The van der Waals surface area contributed by atoms with E-state index in [1.807, 2.05) is 18.4 Å². The summed E-state index contributed by atoms with van der Waals surface area (Å²) in [4.78, 5) is 8.22. The third-order valence-electron chi connectivity index (χ3n) is 3.84. The largest absolute Gasteiger partial charge is 0.356 e. The summed E-state index contributed by atoms with van der Waals surface area (Å²) in [5.74, 6) is 1.68. The van der Waals surface area contributed by atoms with Crippen molar-refractivity contribution in [2.45, 2.75) is 19.8 Å². The maximum Gasteiger partial charge on any atom is 0.190 e. The molecule has 1 aliphatic heterocycles. The van der Waals surface area contributed by atoms with Gasteiger partial charge in [0.25, 0.3) is 0 Å². The molecular formula is C15H27IN4S. The Hall–Kier alpha value is -0.340. The van der Waals surface area contributed by atoms with Gasteiger partial charge in [-0.2, -0.15) is 0 Å². The molecule has 0 radical (unpaired) electrons. The van der Waals surface area contributed by atoms with Crippen molar-refractivity contribution in [3.05, 3.63) is 22.4 Å². The van der Waals surface area contributed by atoms with Crippen LogP contribution in [0.1, 0.15) is 18.2 Å². The molecule has 2 rings (SSSR count). The van der Waals surface area contributed by atoms with Crippen molar-refractivity contribution in [3.63, 3.8) is 0 Å². The summed E-state index contributed by atoms with van der Waals surface area (Å²) in [6.45, 7) is 7.83. The molecule has 2 N–H and O–H groups in total. The Morgan fingerprint density at radius 3 is 2.95 bits per heavy atom. The Bertz CT molecular complexity index is 408. The molecule has 1 aromatic rings. The predicted octanol–water partition coefficient (Wildman–Crippen LogP) is 2.42. The lowest BCUT2D eigenvalue weighted by Crippen LogP contribution is -2.41. The first-order chi connectivity index (χ1) is 9.81. The maximum absolute atomic E-state index is 4.29. The number of nitrogens with one attached hydrogen (secondary N) is 2. The molecule has 1 aliphatic rings. The number of aliphatic imine (C=N–C) groups is 1. The SMILES string of the molecule is CCN1CCC(CNC(=NC)NCCc2cccs2)C1.I. The minimum Gasteiger partial charge on any atom is -0.356 e. The number of guanidine groups is 1. The molecule has 21 heavy (non-hydrogen) atoms. The number of nitrogens with zero attached hydrogens (tertiary/aromatic N) is 2. The summed E-state index contributed by atoms with van der Waals surface area (Å²) in [5.41, 5.74) is 0. The van der Waals surface area contributed by atoms with Crippen LogP contribution in [-0.2, 0) is 6.42 Å². The number of thiophene rings is 1. The second-order valence-corrected chi connectivity index (χ2v) is 6.29. The molecule has 1 aromatic heterocycles. The van der Waals surface area contributed by atoms with Crippen molar-refractivity contribution >= 4 is 41.3 Å². The van der Waals surface area contributed by atoms with E-state index in [0.717, 1.165) is 31.4 Å². The fraction of sp³-hybridized carbons (Fsp3) is 0.667. The van der Waals surface area contributed by atoms with E-state index in [2.05, 4.69) is 45.0 Å². The van der Waals surface area contributed by atoms with Crippen LogP contribution in [0.5, 0.6) is 0 Å². The zero-order valence-corrected chi connectivity index (χ0v) is 16.1. The fourth-order valence-corrected chi connectivity index (χ4v) is 3.30. The summed E-state index contributed by atoms with van der Waals surface area (Å²) in [6, 6.07) is 4.28. The summed E-state index contributed by atoms with van der Waals surface area (Å²) in [5, 5.41) is 8.97. The van der Waals surface area contributed by atoms with E-state index in [9.17, 15) is 0 Å². The minimum absolute atomic E-state index is 0. The standard InChI is InChI=1S/C15H26N4S.HI/c1-3-19-9-7-13(12-19)11-18-15(16-2)17-8-6-14-5-4-10-20-14;/h4-5,10,13H,3,6-9,11-12H2,1-2H3,(H2,16,17,18);1H. The summed E-state index contributed by atoms with van der Waals surface area (Å²) in [6.07, 6.45) is 2.36. The number of halogens is 1. The van der Waals surface area contributed by atoms with Gasteiger partial charge < -0.3 is 15.5 Å². The number of hydrogen-bond donors (Lipinski definition) is 2. The van der Waals surface area contributed by atoms with Crippen molar-refractivity contribution < 1.29 is 0 Å². The van der Waals surface area contributed by atoms with Gasteiger partial charge in [0.1, 0.15) is 0 Å². The van der Waals surface area contributed by atoms with Gasteiger partial charge in [0.05, 0.1) is 0 Å². The van der Waals surface area contributed by atoms with Crippen LogP contribution < -0.4 is 10.6 Å². The van der Waals surface area contributed by atoms with E-state index in [-0.39, 0.29) is 24.0 Å². The maximum atomic E-state index is 4.29. The highest BCUT2D eigenvalue weighted by Crippen LogP contribution is 2.14. The Balaban J connectivity index is 0.00000220. The van der Waals surface area contributed by atoms with Gasteiger partial charge in [-0.1, -0.05) is 13.0 Å². The Labute approximate surface area is 149 Å². The molecule has 2 heterocycles. The topological polar surface area (TPSA) is 39.7 Å². The van der Waals surface area contributed by atoms with E-state index in [1.165, 1.54) is 30.9 Å². The molecule has 1 unspecified atom stereocenters. The highest BCUT2D eigenvalue weighted by Gasteiger charge is 2.20. The molecule has 0 amide bonds. The molecule has 0 spiro atoms. The number of likely N-dealkylation sites (tertiary alicyclic amines) is 1. The zero-order chi connectivity index (χ0) is 14.2. The fourth-order valence-electron chi connectivity index (χ4n) is 2.59. The van der Waals surface area contributed by atoms with E-state index in [0.29, 0.717) is 0 Å². The first kappa shape index (κ1) is 18.7. The van der Waals surface area contributed by atoms with E-state index in [1.54, 1.807) is 0 Å². The predicted molar refractivity (Wildman–Crippen MR) is 103 cm³/mol. The van der Waals surface area contributed by atoms with Gasteiger partial charge in [-0.05, 0) is 43.3 Å². The second-order valence-electron chi connectivity index (χ2n) is 5.26. The van der Waals surface area contributed by atoms with Crippen LogP contribution in [-0.4, -0.2) is 50.6 Å². The van der Waals surface area contributed by atoms with Crippen LogP contribution in [0.25, 0.3) is 0 Å². The van der Waals surface area contributed by atoms with Crippen molar-refractivity contribution in [3.8, 4) is 0 Å². The van der Waals surface area contributed by atoms with Gasteiger partial charge >= 0.3 is 0 Å². The van der Waals surface area contributed by atoms with Gasteiger partial charge in [-0.15, -0.1) is 35.3 Å². The van der Waals surface area contributed by atoms with Gasteiger partial charge in [0.2, 0.25) is 0 Å². The Kier molecular flexibility index (Phi) is 9.26. The molecule has 0 aliphatic carbocycles. The van der Waals surface area contributed by atoms with Crippen molar-refractivity contribution in [2.75, 3.05) is 39.8 Å². The van der Waals surface area contributed by atoms with Crippen molar-refractivity contribution in [1.82, 2.24) is 15.5 Å². The highest BCUT2D eigenvalue weighted by molar-refractivity contribution is 14.0. The van der Waals surface area contributed by atoms with E-state index in [4.69, 9.17) is 0 Å². The number of rotatable bonds is 6. The van der Waals surface area contributed by atoms with Crippen molar-refractivity contribution in [1.29, 1.82) is 0 Å². The zero-order valence-electron chi connectivity index (χ0n) is 13.0. The molecule has 120 valence electrons. The van der Waals surface area contributed by atoms with Crippen molar-refractivity contribution in [2.24, 2.45) is 10.9 Å². The lowest BCUT2D eigenvalue weighted by Gasteiger charge is -2.16. The normalized spacial score (nSPS) is 19.3. The third-order valence-corrected chi connectivity index (χ3v) is 4.78. The molecular weight excluding hydrogens is 395 g/mol. The summed E-state index contributed by atoms with van der Waals surface area (Å²) < 4.78 is 0. The monoisotopic (exact) mass is 422 g/mol. The average Bonchev–Trinajstić information content (AvgIpc) is 3.13. The second kappa shape index (κ2) is 10.4. The van der Waals surface area contributed by atoms with Gasteiger partial charge in [-0.3, -0.25) is 4.99 Å². The van der Waals surface area contributed by atoms with Crippen LogP contribution in [0, 0.1) is 5.92 Å². The lowest BCUT2D eigenvalue weighted by atomic mass is 10.1. The first-order valence-electron chi connectivity index (χ1n) is 7.51. The molecule has 1 atom stereocenters. The average molecular weight is 422 g/mol. The third kappa shape index (κ3) is 6.52.